The number of methoxy groups -OCH3 is 1. The van der Waals surface area contributed by atoms with Gasteiger partial charge in [-0.25, -0.2) is 4.79 Å². The summed E-state index contributed by atoms with van der Waals surface area (Å²) in [6.45, 7) is 4.07. The summed E-state index contributed by atoms with van der Waals surface area (Å²) < 4.78 is 5.83. The number of hydrogen-bond donors (Lipinski definition) is 1. The number of halogens is 1. The fourth-order valence-corrected chi connectivity index (χ4v) is 3.97. The molecular weight excluding hydrogens is 338 g/mol. The number of carbonyl (C=O) groups is 1. The molecule has 2 rings (SSSR count). The second-order valence-corrected chi connectivity index (χ2v) is 6.25. The van der Waals surface area contributed by atoms with Gasteiger partial charge in [-0.15, -0.1) is 11.3 Å². The van der Waals surface area contributed by atoms with Crippen molar-refractivity contribution in [3.05, 3.63) is 38.7 Å². The number of benzene rings is 1. The third-order valence-corrected chi connectivity index (χ3v) is 5.52. The zero-order valence-corrected chi connectivity index (χ0v) is 14.0. The number of esters is 1. The van der Waals surface area contributed by atoms with Crippen LogP contribution >= 0.6 is 27.3 Å². The van der Waals surface area contributed by atoms with Crippen LogP contribution in [0, 0.1) is 6.92 Å². The Morgan fingerprint density at radius 3 is 2.75 bits per heavy atom. The lowest BCUT2D eigenvalue weighted by molar-refractivity contribution is 0.0607. The molecule has 0 aliphatic carbocycles. The topological polar surface area (TPSA) is 52.3 Å². The SMILES string of the molecule is CCc1c(-c2cccc(C)c2Br)sc(C(=O)OC)c1N. The molecule has 2 aromatic rings. The van der Waals surface area contributed by atoms with E-state index in [9.17, 15) is 4.79 Å². The maximum absolute atomic E-state index is 11.8. The number of rotatable bonds is 3. The van der Waals surface area contributed by atoms with E-state index in [0.29, 0.717) is 10.6 Å². The predicted molar refractivity (Wildman–Crippen MR) is 87.3 cm³/mol. The Morgan fingerprint density at radius 1 is 1.45 bits per heavy atom. The molecule has 0 aliphatic heterocycles. The van der Waals surface area contributed by atoms with Crippen molar-refractivity contribution < 1.29 is 9.53 Å². The molecule has 0 spiro atoms. The van der Waals surface area contributed by atoms with Gasteiger partial charge in [-0.2, -0.15) is 0 Å². The van der Waals surface area contributed by atoms with Gasteiger partial charge in [0.2, 0.25) is 0 Å². The minimum Gasteiger partial charge on any atom is -0.465 e. The Morgan fingerprint density at radius 2 is 2.15 bits per heavy atom. The van der Waals surface area contributed by atoms with Gasteiger partial charge in [-0.05, 0) is 40.4 Å². The van der Waals surface area contributed by atoms with E-state index in [1.165, 1.54) is 18.4 Å². The molecule has 1 aromatic heterocycles. The zero-order chi connectivity index (χ0) is 14.9. The molecule has 20 heavy (non-hydrogen) atoms. The predicted octanol–water partition coefficient (Wildman–Crippen LogP) is 4.42. The molecule has 2 N–H and O–H groups in total. The Hall–Kier alpha value is -1.33. The van der Waals surface area contributed by atoms with E-state index in [2.05, 4.69) is 15.9 Å². The van der Waals surface area contributed by atoms with Crippen molar-refractivity contribution >= 4 is 38.9 Å². The smallest absolute Gasteiger partial charge is 0.350 e. The number of nitrogens with two attached hydrogens (primary N) is 1. The summed E-state index contributed by atoms with van der Waals surface area (Å²) in [6.07, 6.45) is 0.773. The van der Waals surface area contributed by atoms with Crippen LogP contribution in [0.4, 0.5) is 5.69 Å². The van der Waals surface area contributed by atoms with Crippen molar-refractivity contribution in [1.29, 1.82) is 0 Å². The molecule has 0 amide bonds. The molecule has 0 atom stereocenters. The van der Waals surface area contributed by atoms with Gasteiger partial charge in [0.05, 0.1) is 12.8 Å². The minimum absolute atomic E-state index is 0.378. The highest BCUT2D eigenvalue weighted by molar-refractivity contribution is 9.10. The summed E-state index contributed by atoms with van der Waals surface area (Å²) in [6, 6.07) is 6.07. The molecule has 0 aliphatic rings. The van der Waals surface area contributed by atoms with Crippen LogP contribution in [0.25, 0.3) is 10.4 Å². The molecule has 1 heterocycles. The summed E-state index contributed by atoms with van der Waals surface area (Å²) in [7, 11) is 1.37. The maximum Gasteiger partial charge on any atom is 0.350 e. The number of aryl methyl sites for hydroxylation is 1. The van der Waals surface area contributed by atoms with Crippen molar-refractivity contribution in [3.63, 3.8) is 0 Å². The van der Waals surface area contributed by atoms with E-state index >= 15 is 0 Å². The molecule has 0 bridgehead atoms. The van der Waals surface area contributed by atoms with Crippen molar-refractivity contribution in [1.82, 2.24) is 0 Å². The molecule has 3 nitrogen and oxygen atoms in total. The first-order valence-corrected chi connectivity index (χ1v) is 7.87. The molecule has 0 fully saturated rings. The number of anilines is 1. The fraction of sp³-hybridized carbons (Fsp3) is 0.267. The summed E-state index contributed by atoms with van der Waals surface area (Å²) in [5, 5.41) is 0. The lowest BCUT2D eigenvalue weighted by Crippen LogP contribution is -2.02. The summed E-state index contributed by atoms with van der Waals surface area (Å²) in [4.78, 5) is 13.3. The van der Waals surface area contributed by atoms with Gasteiger partial charge >= 0.3 is 5.97 Å². The second-order valence-electron chi connectivity index (χ2n) is 4.43. The molecule has 0 unspecified atom stereocenters. The van der Waals surface area contributed by atoms with E-state index in [-0.39, 0.29) is 5.97 Å². The second kappa shape index (κ2) is 5.97. The highest BCUT2D eigenvalue weighted by Crippen LogP contribution is 2.42. The first-order valence-electron chi connectivity index (χ1n) is 6.26. The molecular formula is C15H16BrNO2S. The van der Waals surface area contributed by atoms with Crippen LogP contribution in [0.1, 0.15) is 27.7 Å². The van der Waals surface area contributed by atoms with Gasteiger partial charge in [-0.3, -0.25) is 0 Å². The van der Waals surface area contributed by atoms with Crippen LogP contribution in [0.3, 0.4) is 0 Å². The van der Waals surface area contributed by atoms with Crippen molar-refractivity contribution in [2.24, 2.45) is 0 Å². The Kier molecular flexibility index (Phi) is 4.50. The highest BCUT2D eigenvalue weighted by atomic mass is 79.9. The molecule has 106 valence electrons. The normalized spacial score (nSPS) is 10.6. The quantitative estimate of drug-likeness (QED) is 0.831. The number of ether oxygens (including phenoxy) is 1. The number of carbonyl (C=O) groups excluding carboxylic acids is 1. The lowest BCUT2D eigenvalue weighted by Gasteiger charge is -2.07. The highest BCUT2D eigenvalue weighted by Gasteiger charge is 2.22. The number of thiophene rings is 1. The first kappa shape index (κ1) is 15.1. The third-order valence-electron chi connectivity index (χ3n) is 3.21. The first-order chi connectivity index (χ1) is 9.51. The van der Waals surface area contributed by atoms with Crippen LogP contribution in [0.15, 0.2) is 22.7 Å². The summed E-state index contributed by atoms with van der Waals surface area (Å²) >= 11 is 5.01. The van der Waals surface area contributed by atoms with Crippen molar-refractivity contribution in [2.45, 2.75) is 20.3 Å². The van der Waals surface area contributed by atoms with Crippen molar-refractivity contribution in [2.75, 3.05) is 12.8 Å². The molecule has 1 aromatic carbocycles. The van der Waals surface area contributed by atoms with E-state index in [0.717, 1.165) is 32.5 Å². The average Bonchev–Trinajstić information content (AvgIpc) is 2.77. The Balaban J connectivity index is 2.68. The third kappa shape index (κ3) is 2.47. The van der Waals surface area contributed by atoms with Crippen LogP contribution < -0.4 is 5.73 Å². The Bertz CT molecular complexity index is 664. The van der Waals surface area contributed by atoms with Crippen LogP contribution in [0.5, 0.6) is 0 Å². The lowest BCUT2D eigenvalue weighted by atomic mass is 10.0. The van der Waals surface area contributed by atoms with Crippen LogP contribution in [-0.2, 0) is 11.2 Å². The van der Waals surface area contributed by atoms with E-state index in [1.807, 2.05) is 32.0 Å². The zero-order valence-electron chi connectivity index (χ0n) is 11.6. The van der Waals surface area contributed by atoms with Gasteiger partial charge in [0.25, 0.3) is 0 Å². The molecule has 0 radical (unpaired) electrons. The van der Waals surface area contributed by atoms with Crippen LogP contribution in [-0.4, -0.2) is 13.1 Å². The van der Waals surface area contributed by atoms with Gasteiger partial charge in [0.15, 0.2) is 0 Å². The fourth-order valence-electron chi connectivity index (χ4n) is 2.11. The van der Waals surface area contributed by atoms with E-state index in [1.54, 1.807) is 0 Å². The standard InChI is InChI=1S/C15H16BrNO2S/c1-4-9-12(17)14(15(18)19-3)20-13(9)10-7-5-6-8(2)11(10)16/h5-7H,4,17H2,1-3H3. The largest absolute Gasteiger partial charge is 0.465 e. The molecule has 0 saturated carbocycles. The van der Waals surface area contributed by atoms with E-state index in [4.69, 9.17) is 10.5 Å². The molecule has 5 heteroatoms. The van der Waals surface area contributed by atoms with Gasteiger partial charge in [-0.1, -0.05) is 25.1 Å². The maximum atomic E-state index is 11.8. The van der Waals surface area contributed by atoms with Crippen molar-refractivity contribution in [3.8, 4) is 10.4 Å². The monoisotopic (exact) mass is 353 g/mol. The average molecular weight is 354 g/mol. The minimum atomic E-state index is -0.378. The van der Waals surface area contributed by atoms with E-state index < -0.39 is 0 Å². The summed E-state index contributed by atoms with van der Waals surface area (Å²) in [5.74, 6) is -0.378. The Labute approximate surface area is 130 Å². The van der Waals surface area contributed by atoms with Gasteiger partial charge in [0.1, 0.15) is 4.88 Å². The van der Waals surface area contributed by atoms with Crippen LogP contribution in [0.2, 0.25) is 0 Å². The number of hydrogen-bond acceptors (Lipinski definition) is 4. The summed E-state index contributed by atoms with van der Waals surface area (Å²) in [5.41, 5.74) is 9.86. The van der Waals surface area contributed by atoms with Gasteiger partial charge < -0.3 is 10.5 Å². The molecule has 0 saturated heterocycles. The van der Waals surface area contributed by atoms with Gasteiger partial charge in [0, 0.05) is 14.9 Å². The number of nitrogen functional groups attached to an aromatic ring is 1.